The van der Waals surface area contributed by atoms with Crippen molar-refractivity contribution >= 4 is 0 Å². The van der Waals surface area contributed by atoms with Crippen LogP contribution in [0.15, 0.2) is 12.4 Å². The Hall–Kier alpha value is -0.990. The Morgan fingerprint density at radius 1 is 1.40 bits per heavy atom. The minimum absolute atomic E-state index is 0.851. The number of hydrogen-bond donors (Lipinski definition) is 0. The smallest absolute Gasteiger partial charge is 0.150 e. The Balaban J connectivity index is 2.43. The van der Waals surface area contributed by atoms with Crippen molar-refractivity contribution in [1.29, 1.82) is 0 Å². The maximum atomic E-state index is 4.04. The zero-order chi connectivity index (χ0) is 7.23. The van der Waals surface area contributed by atoms with Crippen LogP contribution in [0, 0.1) is 0 Å². The standard InChI is InChI=1S/C7H11N3/c1-2-3-4-7-8-5-6-9-10-7/h5-6H,2-4H2,1H3. The zero-order valence-corrected chi connectivity index (χ0v) is 6.12. The summed E-state index contributed by atoms with van der Waals surface area (Å²) in [6, 6.07) is 0. The third kappa shape index (κ3) is 2.09. The lowest BCUT2D eigenvalue weighted by Gasteiger charge is -1.93. The van der Waals surface area contributed by atoms with E-state index in [4.69, 9.17) is 0 Å². The Morgan fingerprint density at radius 2 is 2.30 bits per heavy atom. The first kappa shape index (κ1) is 7.12. The molecule has 1 aromatic heterocycles. The predicted molar refractivity (Wildman–Crippen MR) is 38.4 cm³/mol. The van der Waals surface area contributed by atoms with E-state index in [9.17, 15) is 0 Å². The van der Waals surface area contributed by atoms with Gasteiger partial charge in [0.2, 0.25) is 0 Å². The van der Waals surface area contributed by atoms with Crippen molar-refractivity contribution in [2.45, 2.75) is 26.2 Å². The summed E-state index contributed by atoms with van der Waals surface area (Å²) >= 11 is 0. The van der Waals surface area contributed by atoms with Crippen LogP contribution in [-0.4, -0.2) is 15.2 Å². The molecular weight excluding hydrogens is 126 g/mol. The van der Waals surface area contributed by atoms with Crippen LogP contribution in [0.3, 0.4) is 0 Å². The number of unbranched alkanes of at least 4 members (excludes halogenated alkanes) is 1. The number of aromatic nitrogens is 3. The van der Waals surface area contributed by atoms with Gasteiger partial charge in [-0.25, -0.2) is 4.98 Å². The van der Waals surface area contributed by atoms with E-state index >= 15 is 0 Å². The summed E-state index contributed by atoms with van der Waals surface area (Å²) in [7, 11) is 0. The van der Waals surface area contributed by atoms with Gasteiger partial charge in [0.1, 0.15) is 0 Å². The van der Waals surface area contributed by atoms with Crippen molar-refractivity contribution in [3.8, 4) is 0 Å². The van der Waals surface area contributed by atoms with Crippen LogP contribution in [0.4, 0.5) is 0 Å². The topological polar surface area (TPSA) is 38.7 Å². The molecule has 54 valence electrons. The average Bonchev–Trinajstić information content (AvgIpc) is 2.03. The normalized spacial score (nSPS) is 9.70. The van der Waals surface area contributed by atoms with Gasteiger partial charge in [-0.2, -0.15) is 5.10 Å². The lowest BCUT2D eigenvalue weighted by atomic mass is 10.2. The first-order valence-corrected chi connectivity index (χ1v) is 3.56. The lowest BCUT2D eigenvalue weighted by Crippen LogP contribution is -1.94. The van der Waals surface area contributed by atoms with Gasteiger partial charge in [-0.05, 0) is 6.42 Å². The second kappa shape index (κ2) is 3.93. The van der Waals surface area contributed by atoms with E-state index in [1.807, 2.05) is 0 Å². The maximum absolute atomic E-state index is 4.04. The molecule has 1 heterocycles. The largest absolute Gasteiger partial charge is 0.238 e. The van der Waals surface area contributed by atoms with E-state index in [1.54, 1.807) is 12.4 Å². The summed E-state index contributed by atoms with van der Waals surface area (Å²) in [5, 5.41) is 7.58. The summed E-state index contributed by atoms with van der Waals surface area (Å²) in [6.07, 6.45) is 6.54. The molecule has 0 unspecified atom stereocenters. The highest BCUT2D eigenvalue weighted by Crippen LogP contribution is 1.94. The van der Waals surface area contributed by atoms with Gasteiger partial charge in [0.25, 0.3) is 0 Å². The SMILES string of the molecule is CCCCc1nccnn1. The Bertz CT molecular complexity index is 173. The third-order valence-electron chi connectivity index (χ3n) is 1.28. The van der Waals surface area contributed by atoms with E-state index in [1.165, 1.54) is 6.42 Å². The molecule has 3 nitrogen and oxygen atoms in total. The van der Waals surface area contributed by atoms with Crippen LogP contribution in [0.1, 0.15) is 25.6 Å². The molecule has 0 spiro atoms. The monoisotopic (exact) mass is 137 g/mol. The summed E-state index contributed by atoms with van der Waals surface area (Å²) in [4.78, 5) is 4.04. The number of rotatable bonds is 3. The Morgan fingerprint density at radius 3 is 2.90 bits per heavy atom. The first-order chi connectivity index (χ1) is 4.93. The molecule has 0 atom stereocenters. The van der Waals surface area contributed by atoms with Gasteiger partial charge >= 0.3 is 0 Å². The fraction of sp³-hybridized carbons (Fsp3) is 0.571. The zero-order valence-electron chi connectivity index (χ0n) is 6.12. The van der Waals surface area contributed by atoms with Gasteiger partial charge in [0.05, 0.1) is 6.20 Å². The van der Waals surface area contributed by atoms with Crippen molar-refractivity contribution in [2.75, 3.05) is 0 Å². The lowest BCUT2D eigenvalue weighted by molar-refractivity contribution is 0.729. The minimum atomic E-state index is 0.851. The second-order valence-corrected chi connectivity index (χ2v) is 2.16. The Kier molecular flexibility index (Phi) is 2.80. The van der Waals surface area contributed by atoms with Gasteiger partial charge in [0.15, 0.2) is 5.82 Å². The molecular formula is C7H11N3. The van der Waals surface area contributed by atoms with Crippen LogP contribution in [0.25, 0.3) is 0 Å². The maximum Gasteiger partial charge on any atom is 0.150 e. The number of nitrogens with zero attached hydrogens (tertiary/aromatic N) is 3. The van der Waals surface area contributed by atoms with Crippen LogP contribution >= 0.6 is 0 Å². The molecule has 10 heavy (non-hydrogen) atoms. The highest BCUT2D eigenvalue weighted by atomic mass is 15.1. The molecule has 0 radical (unpaired) electrons. The molecule has 0 fully saturated rings. The van der Waals surface area contributed by atoms with Gasteiger partial charge < -0.3 is 0 Å². The number of hydrogen-bond acceptors (Lipinski definition) is 3. The van der Waals surface area contributed by atoms with E-state index in [0.717, 1.165) is 18.7 Å². The molecule has 0 aliphatic carbocycles. The first-order valence-electron chi connectivity index (χ1n) is 3.56. The fourth-order valence-electron chi connectivity index (χ4n) is 0.724. The summed E-state index contributed by atoms with van der Waals surface area (Å²) in [6.45, 7) is 2.15. The van der Waals surface area contributed by atoms with Crippen LogP contribution in [-0.2, 0) is 6.42 Å². The van der Waals surface area contributed by atoms with Crippen LogP contribution in [0.5, 0.6) is 0 Å². The van der Waals surface area contributed by atoms with Crippen molar-refractivity contribution in [1.82, 2.24) is 15.2 Å². The average molecular weight is 137 g/mol. The van der Waals surface area contributed by atoms with Gasteiger partial charge in [0, 0.05) is 12.6 Å². The third-order valence-corrected chi connectivity index (χ3v) is 1.28. The van der Waals surface area contributed by atoms with E-state index in [2.05, 4.69) is 22.1 Å². The van der Waals surface area contributed by atoms with Crippen molar-refractivity contribution in [3.05, 3.63) is 18.2 Å². The van der Waals surface area contributed by atoms with Crippen molar-refractivity contribution in [2.24, 2.45) is 0 Å². The molecule has 0 N–H and O–H groups in total. The summed E-state index contributed by atoms with van der Waals surface area (Å²) in [5.74, 6) is 0.851. The minimum Gasteiger partial charge on any atom is -0.238 e. The van der Waals surface area contributed by atoms with Crippen LogP contribution in [0.2, 0.25) is 0 Å². The van der Waals surface area contributed by atoms with Crippen molar-refractivity contribution < 1.29 is 0 Å². The van der Waals surface area contributed by atoms with Gasteiger partial charge in [-0.1, -0.05) is 13.3 Å². The van der Waals surface area contributed by atoms with Gasteiger partial charge in [-0.3, -0.25) is 0 Å². The highest BCUT2D eigenvalue weighted by Gasteiger charge is 1.91. The quantitative estimate of drug-likeness (QED) is 0.628. The number of aryl methyl sites for hydroxylation is 1. The fourth-order valence-corrected chi connectivity index (χ4v) is 0.724. The highest BCUT2D eigenvalue weighted by molar-refractivity contribution is 4.80. The van der Waals surface area contributed by atoms with Gasteiger partial charge in [-0.15, -0.1) is 5.10 Å². The van der Waals surface area contributed by atoms with E-state index in [0.29, 0.717) is 0 Å². The Labute approximate surface area is 60.5 Å². The molecule has 0 saturated carbocycles. The molecule has 0 aromatic carbocycles. The van der Waals surface area contributed by atoms with E-state index in [-0.39, 0.29) is 0 Å². The molecule has 1 rings (SSSR count). The predicted octanol–water partition coefficient (Wildman–Crippen LogP) is 1.21. The molecule has 0 aliphatic rings. The molecule has 1 aromatic rings. The molecule has 0 aliphatic heterocycles. The van der Waals surface area contributed by atoms with Crippen molar-refractivity contribution in [3.63, 3.8) is 0 Å². The van der Waals surface area contributed by atoms with E-state index < -0.39 is 0 Å². The van der Waals surface area contributed by atoms with Crippen LogP contribution < -0.4 is 0 Å². The second-order valence-electron chi connectivity index (χ2n) is 2.16. The summed E-state index contributed by atoms with van der Waals surface area (Å²) < 4.78 is 0. The molecule has 0 saturated heterocycles. The molecule has 0 bridgehead atoms. The molecule has 3 heteroatoms. The summed E-state index contributed by atoms with van der Waals surface area (Å²) in [5.41, 5.74) is 0. The molecule has 0 amide bonds.